The molecule has 0 atom stereocenters. The average Bonchev–Trinajstić information content (AvgIpc) is 2.76. The molecule has 1 aromatic carbocycles. The van der Waals surface area contributed by atoms with Gasteiger partial charge in [-0.1, -0.05) is 23.2 Å². The van der Waals surface area contributed by atoms with Crippen molar-refractivity contribution in [2.45, 2.75) is 6.43 Å². The smallest absolute Gasteiger partial charge is 0.277 e. The minimum absolute atomic E-state index is 0.142. The van der Waals surface area contributed by atoms with E-state index >= 15 is 0 Å². The standard InChI is InChI=1S/C11H6Cl2F2N4O4/c1-17-9(8(14)15)16-18(11(17)21)10(20)5-2-4(12)3-6(7(5)13)19(22)23/h2-3,8H,1H3. The number of rotatable bonds is 3. The van der Waals surface area contributed by atoms with Crippen LogP contribution < -0.4 is 5.69 Å². The molecule has 12 heteroatoms. The number of benzene rings is 1. The predicted molar refractivity (Wildman–Crippen MR) is 75.3 cm³/mol. The van der Waals surface area contributed by atoms with Gasteiger partial charge in [0.25, 0.3) is 18.0 Å². The number of nitro groups is 1. The highest BCUT2D eigenvalue weighted by Crippen LogP contribution is 2.32. The summed E-state index contributed by atoms with van der Waals surface area (Å²) in [5.74, 6) is -2.15. The van der Waals surface area contributed by atoms with Gasteiger partial charge in [-0.15, -0.1) is 9.78 Å². The fourth-order valence-corrected chi connectivity index (χ4v) is 2.22. The molecule has 0 unspecified atom stereocenters. The van der Waals surface area contributed by atoms with Crippen molar-refractivity contribution in [3.05, 3.63) is 54.2 Å². The van der Waals surface area contributed by atoms with E-state index in [1.807, 2.05) is 0 Å². The molecule has 8 nitrogen and oxygen atoms in total. The van der Waals surface area contributed by atoms with Crippen molar-refractivity contribution >= 4 is 34.8 Å². The topological polar surface area (TPSA) is 100 Å². The Morgan fingerprint density at radius 2 is 2.00 bits per heavy atom. The monoisotopic (exact) mass is 366 g/mol. The molecule has 0 bridgehead atoms. The molecule has 0 aliphatic rings. The van der Waals surface area contributed by atoms with E-state index in [1.54, 1.807) is 0 Å². The molecule has 0 fully saturated rings. The summed E-state index contributed by atoms with van der Waals surface area (Å²) in [5.41, 5.74) is -2.32. The second-order valence-electron chi connectivity index (χ2n) is 4.26. The zero-order valence-corrected chi connectivity index (χ0v) is 12.7. The number of carbonyl (C=O) groups excluding carboxylic acids is 1. The molecule has 2 rings (SSSR count). The first-order valence-electron chi connectivity index (χ1n) is 5.77. The quantitative estimate of drug-likeness (QED) is 0.613. The highest BCUT2D eigenvalue weighted by atomic mass is 35.5. The number of alkyl halides is 2. The van der Waals surface area contributed by atoms with Crippen LogP contribution in [-0.4, -0.2) is 25.2 Å². The van der Waals surface area contributed by atoms with E-state index in [0.29, 0.717) is 4.57 Å². The van der Waals surface area contributed by atoms with E-state index in [4.69, 9.17) is 23.2 Å². The number of halogens is 4. The summed E-state index contributed by atoms with van der Waals surface area (Å²) in [4.78, 5) is 34.1. The van der Waals surface area contributed by atoms with Gasteiger partial charge in [-0.2, -0.15) is 0 Å². The molecule has 122 valence electrons. The molecule has 0 amide bonds. The van der Waals surface area contributed by atoms with Crippen LogP contribution in [0.15, 0.2) is 16.9 Å². The van der Waals surface area contributed by atoms with Crippen molar-refractivity contribution < 1.29 is 18.5 Å². The Labute approximate surface area is 136 Å². The van der Waals surface area contributed by atoms with Gasteiger partial charge in [-0.3, -0.25) is 19.5 Å². The predicted octanol–water partition coefficient (Wildman–Crippen LogP) is 2.42. The highest BCUT2D eigenvalue weighted by Gasteiger charge is 2.27. The van der Waals surface area contributed by atoms with Gasteiger partial charge >= 0.3 is 5.69 Å². The third kappa shape index (κ3) is 2.94. The largest absolute Gasteiger partial charge is 0.353 e. The zero-order valence-electron chi connectivity index (χ0n) is 11.2. The lowest BCUT2D eigenvalue weighted by atomic mass is 10.2. The number of nitro benzene ring substituents is 1. The maximum absolute atomic E-state index is 12.7. The molecular weight excluding hydrogens is 361 g/mol. The molecule has 0 spiro atoms. The first-order valence-corrected chi connectivity index (χ1v) is 6.53. The summed E-state index contributed by atoms with van der Waals surface area (Å²) >= 11 is 11.4. The lowest BCUT2D eigenvalue weighted by Crippen LogP contribution is -2.29. The van der Waals surface area contributed by atoms with Crippen LogP contribution in [0, 0.1) is 10.1 Å². The third-order valence-electron chi connectivity index (χ3n) is 2.85. The summed E-state index contributed by atoms with van der Waals surface area (Å²) < 4.78 is 26.1. The molecule has 2 aromatic rings. The molecule has 23 heavy (non-hydrogen) atoms. The van der Waals surface area contributed by atoms with E-state index in [9.17, 15) is 28.5 Å². The van der Waals surface area contributed by atoms with E-state index in [2.05, 4.69) is 5.10 Å². The lowest BCUT2D eigenvalue weighted by molar-refractivity contribution is -0.384. The SMILES string of the molecule is Cn1c(C(F)F)nn(C(=O)c2cc(Cl)cc([N+](=O)[O-])c2Cl)c1=O. The summed E-state index contributed by atoms with van der Waals surface area (Å²) in [6, 6.07) is 1.88. The third-order valence-corrected chi connectivity index (χ3v) is 3.46. The van der Waals surface area contributed by atoms with Gasteiger partial charge in [0.15, 0.2) is 0 Å². The average molecular weight is 367 g/mol. The van der Waals surface area contributed by atoms with Crippen molar-refractivity contribution in [1.29, 1.82) is 0 Å². The van der Waals surface area contributed by atoms with E-state index in [1.165, 1.54) is 0 Å². The van der Waals surface area contributed by atoms with Crippen LogP contribution in [0.25, 0.3) is 0 Å². The Kier molecular flexibility index (Phi) is 4.48. The van der Waals surface area contributed by atoms with E-state index in [-0.39, 0.29) is 9.70 Å². The summed E-state index contributed by atoms with van der Waals surface area (Å²) in [7, 11) is 1.00. The maximum Gasteiger partial charge on any atom is 0.353 e. The van der Waals surface area contributed by atoms with E-state index < -0.39 is 45.0 Å². The molecule has 0 saturated carbocycles. The molecule has 1 heterocycles. The second kappa shape index (κ2) is 6.05. The van der Waals surface area contributed by atoms with Crippen LogP contribution >= 0.6 is 23.2 Å². The number of aromatic nitrogens is 3. The van der Waals surface area contributed by atoms with Gasteiger partial charge in [-0.25, -0.2) is 13.6 Å². The van der Waals surface area contributed by atoms with Gasteiger partial charge in [-0.05, 0) is 6.07 Å². The van der Waals surface area contributed by atoms with Crippen molar-refractivity contribution in [2.75, 3.05) is 0 Å². The molecular formula is C11H6Cl2F2N4O4. The summed E-state index contributed by atoms with van der Waals surface area (Å²) in [5, 5.41) is 13.3. The van der Waals surface area contributed by atoms with Crippen LogP contribution in [0.4, 0.5) is 14.5 Å². The van der Waals surface area contributed by atoms with Crippen LogP contribution in [0.1, 0.15) is 22.6 Å². The van der Waals surface area contributed by atoms with Gasteiger partial charge < -0.3 is 0 Å². The second-order valence-corrected chi connectivity index (χ2v) is 5.08. The van der Waals surface area contributed by atoms with Crippen molar-refractivity contribution in [2.24, 2.45) is 7.05 Å². The molecule has 0 aliphatic heterocycles. The molecule has 0 saturated heterocycles. The number of carbonyl (C=O) groups is 1. The van der Waals surface area contributed by atoms with Crippen molar-refractivity contribution in [3.63, 3.8) is 0 Å². The van der Waals surface area contributed by atoms with Gasteiger partial charge in [0.05, 0.1) is 10.5 Å². The molecule has 0 radical (unpaired) electrons. The van der Waals surface area contributed by atoms with Crippen LogP contribution in [0.2, 0.25) is 10.0 Å². The van der Waals surface area contributed by atoms with Crippen molar-refractivity contribution in [1.82, 2.24) is 14.3 Å². The highest BCUT2D eigenvalue weighted by molar-refractivity contribution is 6.37. The Morgan fingerprint density at radius 1 is 1.39 bits per heavy atom. The molecule has 0 aliphatic carbocycles. The lowest BCUT2D eigenvalue weighted by Gasteiger charge is -2.04. The Morgan fingerprint density at radius 3 is 2.48 bits per heavy atom. The minimum atomic E-state index is -3.09. The Hall–Kier alpha value is -2.33. The first-order chi connectivity index (χ1) is 10.6. The van der Waals surface area contributed by atoms with Gasteiger partial charge in [0.2, 0.25) is 5.82 Å². The number of nitrogens with zero attached hydrogens (tertiary/aromatic N) is 4. The van der Waals surface area contributed by atoms with Gasteiger partial charge in [0.1, 0.15) is 5.02 Å². The van der Waals surface area contributed by atoms with E-state index in [0.717, 1.165) is 19.2 Å². The number of hydrogen-bond donors (Lipinski definition) is 0. The summed E-state index contributed by atoms with van der Waals surface area (Å²) in [6.07, 6.45) is -3.09. The minimum Gasteiger partial charge on any atom is -0.277 e. The number of hydrogen-bond acceptors (Lipinski definition) is 5. The maximum atomic E-state index is 12.7. The van der Waals surface area contributed by atoms with Crippen LogP contribution in [0.5, 0.6) is 0 Å². The molecule has 0 N–H and O–H groups in total. The van der Waals surface area contributed by atoms with Crippen LogP contribution in [-0.2, 0) is 7.05 Å². The van der Waals surface area contributed by atoms with Gasteiger partial charge in [0, 0.05) is 18.1 Å². The van der Waals surface area contributed by atoms with Crippen molar-refractivity contribution in [3.8, 4) is 0 Å². The van der Waals surface area contributed by atoms with Crippen LogP contribution in [0.3, 0.4) is 0 Å². The fraction of sp³-hybridized carbons (Fsp3) is 0.182. The molecule has 1 aromatic heterocycles. The normalized spacial score (nSPS) is 11.0. The Balaban J connectivity index is 2.65. The fourth-order valence-electron chi connectivity index (χ4n) is 1.75. The Bertz CT molecular complexity index is 878. The first kappa shape index (κ1) is 17.0. The zero-order chi connectivity index (χ0) is 17.5. The summed E-state index contributed by atoms with van der Waals surface area (Å²) in [6.45, 7) is 0.